The van der Waals surface area contributed by atoms with Crippen LogP contribution in [0.1, 0.15) is 28.8 Å². The first kappa shape index (κ1) is 17.4. The highest BCUT2D eigenvalue weighted by atomic mass is 16.6. The van der Waals surface area contributed by atoms with Crippen molar-refractivity contribution in [2.45, 2.75) is 31.3 Å². The number of nitrogens with zero attached hydrogens (tertiary/aromatic N) is 2. The van der Waals surface area contributed by atoms with Crippen LogP contribution < -0.4 is 5.43 Å². The molecule has 0 bridgehead atoms. The number of rotatable bonds is 5. The molecule has 2 aliphatic rings. The maximum Gasteiger partial charge on any atom is 0.269 e. The number of carbonyl (C=O) groups is 1. The predicted molar refractivity (Wildman–Crippen MR) is 102 cm³/mol. The van der Waals surface area contributed by atoms with E-state index in [0.717, 1.165) is 19.3 Å². The number of nitro groups is 1. The molecule has 0 radical (unpaired) electrons. The van der Waals surface area contributed by atoms with Crippen LogP contribution in [0.2, 0.25) is 0 Å². The Morgan fingerprint density at radius 3 is 2.59 bits per heavy atom. The Balaban J connectivity index is 1.47. The summed E-state index contributed by atoms with van der Waals surface area (Å²) in [6.07, 6.45) is 7.10. The quantitative estimate of drug-likeness (QED) is 0.501. The van der Waals surface area contributed by atoms with Gasteiger partial charge in [0.1, 0.15) is 0 Å². The molecule has 4 rings (SSSR count). The first-order valence-electron chi connectivity index (χ1n) is 9.18. The average molecular weight is 363 g/mol. The van der Waals surface area contributed by atoms with Gasteiger partial charge >= 0.3 is 0 Å². The summed E-state index contributed by atoms with van der Waals surface area (Å²) in [7, 11) is 0. The van der Waals surface area contributed by atoms with Gasteiger partial charge in [0.15, 0.2) is 0 Å². The normalized spacial score (nSPS) is 23.4. The number of allylic oxidation sites excluding steroid dienone is 1. The lowest BCUT2D eigenvalue weighted by Gasteiger charge is -2.22. The van der Waals surface area contributed by atoms with Crippen molar-refractivity contribution in [1.29, 1.82) is 0 Å². The van der Waals surface area contributed by atoms with E-state index in [2.05, 4.69) is 29.7 Å². The van der Waals surface area contributed by atoms with Crippen LogP contribution in [0.4, 0.5) is 5.69 Å². The molecule has 1 fully saturated rings. The molecule has 2 aromatic carbocycles. The number of benzene rings is 2. The number of aryl methyl sites for hydroxylation is 1. The number of hydrogen-bond donors (Lipinski definition) is 1. The van der Waals surface area contributed by atoms with Crippen molar-refractivity contribution in [3.63, 3.8) is 0 Å². The molecule has 6 heteroatoms. The highest BCUT2D eigenvalue weighted by molar-refractivity contribution is 5.94. The molecule has 1 amide bonds. The Hall–Kier alpha value is -2.99. The minimum atomic E-state index is -0.461. The zero-order chi connectivity index (χ0) is 18.8. The summed E-state index contributed by atoms with van der Waals surface area (Å²) in [4.78, 5) is 23.3. The van der Waals surface area contributed by atoms with E-state index in [-0.39, 0.29) is 23.7 Å². The van der Waals surface area contributed by atoms with Crippen molar-refractivity contribution < 1.29 is 9.72 Å². The zero-order valence-electron chi connectivity index (χ0n) is 14.8. The van der Waals surface area contributed by atoms with Crippen molar-refractivity contribution in [2.24, 2.45) is 5.92 Å². The number of nitrogens with one attached hydrogen (secondary N) is 1. The van der Waals surface area contributed by atoms with E-state index in [0.29, 0.717) is 11.5 Å². The van der Waals surface area contributed by atoms with Crippen LogP contribution in [-0.4, -0.2) is 27.9 Å². The average Bonchev–Trinajstić information content (AvgIpc) is 3.30. The van der Waals surface area contributed by atoms with Gasteiger partial charge in [0.25, 0.3) is 11.6 Å². The van der Waals surface area contributed by atoms with Gasteiger partial charge in [-0.25, -0.2) is 5.43 Å². The van der Waals surface area contributed by atoms with E-state index >= 15 is 0 Å². The van der Waals surface area contributed by atoms with E-state index < -0.39 is 4.92 Å². The number of nitro benzene ring substituents is 1. The van der Waals surface area contributed by atoms with Crippen LogP contribution in [0.3, 0.4) is 0 Å². The fourth-order valence-electron chi connectivity index (χ4n) is 4.00. The minimum Gasteiger partial charge on any atom is -0.268 e. The van der Waals surface area contributed by atoms with Gasteiger partial charge in [0.05, 0.1) is 11.0 Å². The Morgan fingerprint density at radius 2 is 1.89 bits per heavy atom. The van der Waals surface area contributed by atoms with E-state index in [4.69, 9.17) is 0 Å². The van der Waals surface area contributed by atoms with Gasteiger partial charge in [-0.3, -0.25) is 19.9 Å². The van der Waals surface area contributed by atoms with Crippen LogP contribution in [0.25, 0.3) is 0 Å². The molecule has 1 aliphatic heterocycles. The molecule has 6 nitrogen and oxygen atoms in total. The van der Waals surface area contributed by atoms with Gasteiger partial charge < -0.3 is 0 Å². The number of hydrazine groups is 1. The lowest BCUT2D eigenvalue weighted by atomic mass is 9.91. The second kappa shape index (κ2) is 7.32. The predicted octanol–water partition coefficient (Wildman–Crippen LogP) is 3.50. The van der Waals surface area contributed by atoms with Crippen molar-refractivity contribution in [3.8, 4) is 0 Å². The lowest BCUT2D eigenvalue weighted by molar-refractivity contribution is -0.384. The third-order valence-corrected chi connectivity index (χ3v) is 5.43. The topological polar surface area (TPSA) is 75.5 Å². The third-order valence-electron chi connectivity index (χ3n) is 5.43. The van der Waals surface area contributed by atoms with Crippen LogP contribution in [-0.2, 0) is 6.42 Å². The molecule has 1 saturated heterocycles. The van der Waals surface area contributed by atoms with Gasteiger partial charge in [-0.15, -0.1) is 0 Å². The minimum absolute atomic E-state index is 0.0136. The Kier molecular flexibility index (Phi) is 4.73. The highest BCUT2D eigenvalue weighted by Gasteiger charge is 2.43. The van der Waals surface area contributed by atoms with Gasteiger partial charge in [-0.05, 0) is 37.0 Å². The van der Waals surface area contributed by atoms with Crippen LogP contribution >= 0.6 is 0 Å². The second-order valence-electron chi connectivity index (χ2n) is 7.06. The Bertz CT molecular complexity index is 864. The number of non-ortho nitro benzene ring substituents is 1. The van der Waals surface area contributed by atoms with E-state index in [9.17, 15) is 14.9 Å². The molecule has 138 valence electrons. The van der Waals surface area contributed by atoms with Crippen molar-refractivity contribution in [2.75, 3.05) is 0 Å². The summed E-state index contributed by atoms with van der Waals surface area (Å²) in [6, 6.07) is 16.4. The molecule has 3 atom stereocenters. The largest absolute Gasteiger partial charge is 0.269 e. The summed E-state index contributed by atoms with van der Waals surface area (Å²) < 4.78 is 0. The number of amides is 1. The summed E-state index contributed by atoms with van der Waals surface area (Å²) >= 11 is 0. The molecule has 1 aliphatic carbocycles. The maximum absolute atomic E-state index is 13.0. The van der Waals surface area contributed by atoms with E-state index in [1.807, 2.05) is 18.2 Å². The van der Waals surface area contributed by atoms with Crippen LogP contribution in [0, 0.1) is 16.0 Å². The number of fused-ring (bicyclic) bond motifs is 1. The molecule has 27 heavy (non-hydrogen) atoms. The van der Waals surface area contributed by atoms with Gasteiger partial charge in [-0.2, -0.15) is 0 Å². The fourth-order valence-corrected chi connectivity index (χ4v) is 4.00. The number of hydrogen-bond acceptors (Lipinski definition) is 4. The van der Waals surface area contributed by atoms with Crippen molar-refractivity contribution in [1.82, 2.24) is 10.4 Å². The van der Waals surface area contributed by atoms with Gasteiger partial charge in [0, 0.05) is 29.7 Å². The SMILES string of the molecule is O=C(c1ccc([N+](=O)[O-])cc1)N1N[C@H](CCc2ccccc2)[C@@H]2CC=C[C@@H]21. The second-order valence-corrected chi connectivity index (χ2v) is 7.06. The van der Waals surface area contributed by atoms with Crippen molar-refractivity contribution >= 4 is 11.6 Å². The molecular weight excluding hydrogens is 342 g/mol. The zero-order valence-corrected chi connectivity index (χ0v) is 14.8. The Labute approximate surface area is 157 Å². The van der Waals surface area contributed by atoms with E-state index in [1.165, 1.54) is 29.8 Å². The molecule has 2 aromatic rings. The summed E-state index contributed by atoms with van der Waals surface area (Å²) in [6.45, 7) is 0. The summed E-state index contributed by atoms with van der Waals surface area (Å²) in [5, 5.41) is 12.5. The van der Waals surface area contributed by atoms with Crippen LogP contribution in [0.5, 0.6) is 0 Å². The third kappa shape index (κ3) is 3.48. The molecule has 0 aromatic heterocycles. The monoisotopic (exact) mass is 363 g/mol. The molecule has 1 N–H and O–H groups in total. The lowest BCUT2D eigenvalue weighted by Crippen LogP contribution is -2.43. The van der Waals surface area contributed by atoms with Crippen molar-refractivity contribution in [3.05, 3.63) is 88.0 Å². The van der Waals surface area contributed by atoms with E-state index in [1.54, 1.807) is 5.01 Å². The smallest absolute Gasteiger partial charge is 0.268 e. The first-order valence-corrected chi connectivity index (χ1v) is 9.18. The molecular formula is C21H21N3O3. The number of carbonyl (C=O) groups excluding carboxylic acids is 1. The fraction of sp³-hybridized carbons (Fsp3) is 0.286. The maximum atomic E-state index is 13.0. The van der Waals surface area contributed by atoms with Crippen LogP contribution in [0.15, 0.2) is 66.7 Å². The molecule has 0 saturated carbocycles. The molecule has 0 spiro atoms. The van der Waals surface area contributed by atoms with Gasteiger partial charge in [-0.1, -0.05) is 42.5 Å². The standard InChI is InChI=1S/C21H21N3O3/c25-21(16-10-12-17(13-11-16)24(26)27)23-20-8-4-7-18(20)19(22-23)14-9-15-5-2-1-3-6-15/h1-6,8,10-13,18-20,22H,7,9,14H2/t18-,19+,20-/m0/s1. The Morgan fingerprint density at radius 1 is 1.15 bits per heavy atom. The molecule has 0 unspecified atom stereocenters. The highest BCUT2D eigenvalue weighted by Crippen LogP contribution is 2.34. The first-order chi connectivity index (χ1) is 13.1. The summed E-state index contributed by atoms with van der Waals surface area (Å²) in [5.41, 5.74) is 5.13. The summed E-state index contributed by atoms with van der Waals surface area (Å²) in [5.74, 6) is 0.226. The molecule has 1 heterocycles. The van der Waals surface area contributed by atoms with Gasteiger partial charge in [0.2, 0.25) is 0 Å².